The molecule has 21 heavy (non-hydrogen) atoms. The summed E-state index contributed by atoms with van der Waals surface area (Å²) >= 11 is 0. The van der Waals surface area contributed by atoms with Crippen molar-refractivity contribution >= 4 is 11.6 Å². The van der Waals surface area contributed by atoms with E-state index in [4.69, 9.17) is 10.5 Å². The Labute approximate surface area is 125 Å². The molecule has 1 amide bonds. The second-order valence-corrected chi connectivity index (χ2v) is 5.01. The summed E-state index contributed by atoms with van der Waals surface area (Å²) in [6.45, 7) is 2.36. The van der Waals surface area contributed by atoms with Gasteiger partial charge in [0, 0.05) is 24.8 Å². The number of para-hydroxylation sites is 2. The molecule has 0 spiro atoms. The zero-order valence-corrected chi connectivity index (χ0v) is 12.6. The Morgan fingerprint density at radius 2 is 1.90 bits per heavy atom. The molecule has 4 nitrogen and oxygen atoms in total. The zero-order chi connectivity index (χ0) is 15.4. The van der Waals surface area contributed by atoms with Crippen LogP contribution in [0.15, 0.2) is 42.5 Å². The maximum Gasteiger partial charge on any atom is 0.255 e. The molecular formula is C17H20N2O2. The zero-order valence-electron chi connectivity index (χ0n) is 12.6. The summed E-state index contributed by atoms with van der Waals surface area (Å²) in [5.41, 5.74) is 8.94. The van der Waals surface area contributed by atoms with Gasteiger partial charge < -0.3 is 15.4 Å². The Morgan fingerprint density at radius 1 is 1.19 bits per heavy atom. The van der Waals surface area contributed by atoms with Gasteiger partial charge in [0.1, 0.15) is 5.75 Å². The van der Waals surface area contributed by atoms with Gasteiger partial charge in [0.05, 0.1) is 12.7 Å². The number of ether oxygens (including phenoxy) is 1. The smallest absolute Gasteiger partial charge is 0.255 e. The second kappa shape index (κ2) is 6.31. The summed E-state index contributed by atoms with van der Waals surface area (Å²) in [6, 6.07) is 13.2. The monoisotopic (exact) mass is 284 g/mol. The van der Waals surface area contributed by atoms with E-state index in [-0.39, 0.29) is 5.91 Å². The van der Waals surface area contributed by atoms with Gasteiger partial charge in [0.15, 0.2) is 0 Å². The summed E-state index contributed by atoms with van der Waals surface area (Å²) in [5, 5.41) is 0. The molecule has 0 saturated carbocycles. The Balaban J connectivity index is 2.22. The minimum atomic E-state index is -0.0953. The number of methoxy groups -OCH3 is 1. The van der Waals surface area contributed by atoms with Crippen molar-refractivity contribution in [2.24, 2.45) is 0 Å². The van der Waals surface area contributed by atoms with Crippen molar-refractivity contribution in [3.05, 3.63) is 59.2 Å². The van der Waals surface area contributed by atoms with E-state index >= 15 is 0 Å². The van der Waals surface area contributed by atoms with Gasteiger partial charge >= 0.3 is 0 Å². The summed E-state index contributed by atoms with van der Waals surface area (Å²) < 4.78 is 5.31. The number of nitrogens with zero attached hydrogens (tertiary/aromatic N) is 1. The first-order valence-electron chi connectivity index (χ1n) is 6.77. The number of hydrogen-bond donors (Lipinski definition) is 1. The molecule has 2 rings (SSSR count). The number of amides is 1. The molecule has 0 saturated heterocycles. The summed E-state index contributed by atoms with van der Waals surface area (Å²) in [4.78, 5) is 14.2. The van der Waals surface area contributed by atoms with Gasteiger partial charge in [-0.3, -0.25) is 4.79 Å². The number of rotatable bonds is 4. The molecule has 0 atom stereocenters. The molecule has 0 fully saturated rings. The Bertz CT molecular complexity index is 653. The number of carbonyl (C=O) groups excluding carboxylic acids is 1. The molecule has 0 aliphatic heterocycles. The highest BCUT2D eigenvalue weighted by atomic mass is 16.5. The molecule has 0 radical (unpaired) electrons. The van der Waals surface area contributed by atoms with Crippen LogP contribution in [0.2, 0.25) is 0 Å². The van der Waals surface area contributed by atoms with Gasteiger partial charge in [-0.15, -0.1) is 0 Å². The summed E-state index contributed by atoms with van der Waals surface area (Å²) in [5.74, 6) is 0.677. The van der Waals surface area contributed by atoms with Crippen molar-refractivity contribution in [2.45, 2.75) is 13.5 Å². The van der Waals surface area contributed by atoms with Gasteiger partial charge in [-0.1, -0.05) is 30.3 Å². The van der Waals surface area contributed by atoms with Gasteiger partial charge in [0.2, 0.25) is 0 Å². The van der Waals surface area contributed by atoms with Crippen LogP contribution in [0.25, 0.3) is 0 Å². The van der Waals surface area contributed by atoms with E-state index < -0.39 is 0 Å². The molecule has 2 aromatic rings. The van der Waals surface area contributed by atoms with Crippen molar-refractivity contribution in [3.8, 4) is 5.75 Å². The number of anilines is 1. The van der Waals surface area contributed by atoms with E-state index in [0.717, 1.165) is 16.9 Å². The van der Waals surface area contributed by atoms with E-state index in [2.05, 4.69) is 0 Å². The lowest BCUT2D eigenvalue weighted by atomic mass is 10.1. The fourth-order valence-corrected chi connectivity index (χ4v) is 2.23. The minimum absolute atomic E-state index is 0.0953. The molecule has 2 aromatic carbocycles. The first-order valence-corrected chi connectivity index (χ1v) is 6.77. The van der Waals surface area contributed by atoms with E-state index in [1.165, 1.54) is 0 Å². The molecular weight excluding hydrogens is 264 g/mol. The average molecular weight is 284 g/mol. The Kier molecular flexibility index (Phi) is 4.48. The third kappa shape index (κ3) is 3.16. The predicted molar refractivity (Wildman–Crippen MR) is 84.4 cm³/mol. The van der Waals surface area contributed by atoms with Crippen LogP contribution in [0.3, 0.4) is 0 Å². The maximum atomic E-state index is 12.5. The quantitative estimate of drug-likeness (QED) is 0.878. The lowest BCUT2D eigenvalue weighted by molar-refractivity contribution is 0.0785. The van der Waals surface area contributed by atoms with Gasteiger partial charge in [0.25, 0.3) is 5.91 Å². The number of nitrogens with two attached hydrogens (primary N) is 1. The van der Waals surface area contributed by atoms with E-state index in [1.807, 2.05) is 43.3 Å². The van der Waals surface area contributed by atoms with E-state index in [0.29, 0.717) is 17.8 Å². The highest BCUT2D eigenvalue weighted by Gasteiger charge is 2.16. The number of hydrogen-bond acceptors (Lipinski definition) is 3. The topological polar surface area (TPSA) is 55.6 Å². The SMILES string of the molecule is COc1ccccc1CN(C)C(=O)c1cccc(C)c1N. The van der Waals surface area contributed by atoms with Crippen LogP contribution in [0.4, 0.5) is 5.69 Å². The average Bonchev–Trinajstić information content (AvgIpc) is 2.50. The highest BCUT2D eigenvalue weighted by molar-refractivity contribution is 5.99. The van der Waals surface area contributed by atoms with Crippen LogP contribution in [0.1, 0.15) is 21.5 Å². The molecule has 0 aromatic heterocycles. The number of carbonyl (C=O) groups is 1. The molecule has 0 unspecified atom stereocenters. The maximum absolute atomic E-state index is 12.5. The largest absolute Gasteiger partial charge is 0.496 e. The van der Waals surface area contributed by atoms with Crippen molar-refractivity contribution in [1.82, 2.24) is 4.90 Å². The lowest BCUT2D eigenvalue weighted by Crippen LogP contribution is -2.27. The lowest BCUT2D eigenvalue weighted by Gasteiger charge is -2.20. The van der Waals surface area contributed by atoms with Gasteiger partial charge in [-0.2, -0.15) is 0 Å². The molecule has 2 N–H and O–H groups in total. The molecule has 110 valence electrons. The van der Waals surface area contributed by atoms with E-state index in [1.54, 1.807) is 25.1 Å². The van der Waals surface area contributed by atoms with Crippen LogP contribution < -0.4 is 10.5 Å². The van der Waals surface area contributed by atoms with E-state index in [9.17, 15) is 4.79 Å². The molecule has 0 bridgehead atoms. The van der Waals surface area contributed by atoms with Crippen molar-refractivity contribution in [1.29, 1.82) is 0 Å². The van der Waals surface area contributed by atoms with Crippen LogP contribution in [-0.2, 0) is 6.54 Å². The predicted octanol–water partition coefficient (Wildman–Crippen LogP) is 2.86. The molecule has 0 aliphatic carbocycles. The third-order valence-electron chi connectivity index (χ3n) is 3.50. The Morgan fingerprint density at radius 3 is 2.62 bits per heavy atom. The summed E-state index contributed by atoms with van der Waals surface area (Å²) in [6.07, 6.45) is 0. The Hall–Kier alpha value is -2.49. The molecule has 0 heterocycles. The second-order valence-electron chi connectivity index (χ2n) is 5.01. The fourth-order valence-electron chi connectivity index (χ4n) is 2.23. The number of benzene rings is 2. The van der Waals surface area contributed by atoms with Crippen molar-refractivity contribution < 1.29 is 9.53 Å². The standard InChI is InChI=1S/C17H20N2O2/c1-12-7-6-9-14(16(12)18)17(20)19(2)11-13-8-4-5-10-15(13)21-3/h4-10H,11,18H2,1-3H3. The van der Waals surface area contributed by atoms with Crippen molar-refractivity contribution in [3.63, 3.8) is 0 Å². The van der Waals surface area contributed by atoms with Crippen LogP contribution in [0, 0.1) is 6.92 Å². The van der Waals surface area contributed by atoms with Gasteiger partial charge in [-0.05, 0) is 24.6 Å². The fraction of sp³-hybridized carbons (Fsp3) is 0.235. The van der Waals surface area contributed by atoms with Crippen LogP contribution in [-0.4, -0.2) is 25.0 Å². The number of aryl methyl sites for hydroxylation is 1. The van der Waals surface area contributed by atoms with Crippen LogP contribution >= 0.6 is 0 Å². The minimum Gasteiger partial charge on any atom is -0.496 e. The molecule has 0 aliphatic rings. The van der Waals surface area contributed by atoms with Crippen LogP contribution in [0.5, 0.6) is 5.75 Å². The van der Waals surface area contributed by atoms with Gasteiger partial charge in [-0.25, -0.2) is 0 Å². The third-order valence-corrected chi connectivity index (χ3v) is 3.50. The van der Waals surface area contributed by atoms with Crippen molar-refractivity contribution in [2.75, 3.05) is 19.9 Å². The normalized spacial score (nSPS) is 10.2. The first-order chi connectivity index (χ1) is 10.0. The number of nitrogen functional groups attached to an aromatic ring is 1. The molecule has 4 heteroatoms. The first kappa shape index (κ1) is 14.9. The highest BCUT2D eigenvalue weighted by Crippen LogP contribution is 2.22. The summed E-state index contributed by atoms with van der Waals surface area (Å²) in [7, 11) is 3.38.